The van der Waals surface area contributed by atoms with E-state index < -0.39 is 11.2 Å². The summed E-state index contributed by atoms with van der Waals surface area (Å²) in [4.78, 5) is 26.9. The van der Waals surface area contributed by atoms with E-state index in [9.17, 15) is 14.7 Å². The molecule has 2 amide bonds. The molecule has 0 radical (unpaired) electrons. The lowest BCUT2D eigenvalue weighted by Crippen LogP contribution is -2.43. The Morgan fingerprint density at radius 1 is 0.721 bits per heavy atom. The van der Waals surface area contributed by atoms with Crippen molar-refractivity contribution in [2.75, 3.05) is 26.2 Å². The highest BCUT2D eigenvalue weighted by Gasteiger charge is 2.27. The van der Waals surface area contributed by atoms with Gasteiger partial charge in [0.1, 0.15) is 11.2 Å². The largest absolute Gasteiger partial charge is 0.444 e. The Kier molecular flexibility index (Phi) is 15.5. The van der Waals surface area contributed by atoms with E-state index in [0.717, 1.165) is 18.2 Å². The van der Waals surface area contributed by atoms with Crippen molar-refractivity contribution in [3.8, 4) is 0 Å². The van der Waals surface area contributed by atoms with E-state index in [-0.39, 0.29) is 24.4 Å². The molecule has 43 heavy (non-hydrogen) atoms. The van der Waals surface area contributed by atoms with E-state index >= 15 is 0 Å². The molecular weight excluding hydrogens is 612 g/mol. The first-order valence-electron chi connectivity index (χ1n) is 15.1. The van der Waals surface area contributed by atoms with E-state index in [4.69, 9.17) is 14.2 Å². The minimum Gasteiger partial charge on any atom is -0.444 e. The van der Waals surface area contributed by atoms with Gasteiger partial charge in [-0.2, -0.15) is 0 Å². The number of hydrogen-bond donors (Lipinski definition) is 1. The summed E-state index contributed by atoms with van der Waals surface area (Å²) >= 11 is 3.36. The number of likely N-dealkylation sites (tertiary alicyclic amines) is 2. The second kappa shape index (κ2) is 18.2. The second-order valence-electron chi connectivity index (χ2n) is 12.8. The van der Waals surface area contributed by atoms with Crippen LogP contribution in [0.25, 0.3) is 0 Å². The van der Waals surface area contributed by atoms with Gasteiger partial charge >= 0.3 is 12.2 Å². The van der Waals surface area contributed by atoms with Gasteiger partial charge in [-0.25, -0.2) is 9.59 Å². The number of benzene rings is 2. The van der Waals surface area contributed by atoms with Gasteiger partial charge < -0.3 is 29.1 Å². The molecule has 2 aliphatic rings. The Morgan fingerprint density at radius 3 is 1.49 bits per heavy atom. The van der Waals surface area contributed by atoms with Crippen LogP contribution >= 0.6 is 15.9 Å². The molecule has 8 nitrogen and oxygen atoms in total. The van der Waals surface area contributed by atoms with E-state index in [2.05, 4.69) is 40.2 Å². The number of rotatable bonds is 4. The van der Waals surface area contributed by atoms with Gasteiger partial charge in [0, 0.05) is 31.5 Å². The van der Waals surface area contributed by atoms with Crippen molar-refractivity contribution in [1.29, 1.82) is 0 Å². The molecule has 4 rings (SSSR count). The molecule has 2 aromatic rings. The van der Waals surface area contributed by atoms with Crippen LogP contribution in [0.1, 0.15) is 78.4 Å². The monoisotopic (exact) mass is 662 g/mol. The molecule has 0 atom stereocenters. The molecule has 240 valence electrons. The van der Waals surface area contributed by atoms with Crippen LogP contribution in [0.5, 0.6) is 0 Å². The third-order valence-corrected chi connectivity index (χ3v) is 7.18. The van der Waals surface area contributed by atoms with Crippen LogP contribution < -0.4 is 0 Å². The second-order valence-corrected chi connectivity index (χ2v) is 13.3. The average Bonchev–Trinajstić information content (AvgIpc) is 2.96. The number of carbonyl (C=O) groups excluding carboxylic acids is 2. The Bertz CT molecular complexity index is 1060. The number of halogens is 1. The fraction of sp³-hybridized carbons (Fsp3) is 0.588. The molecule has 2 heterocycles. The van der Waals surface area contributed by atoms with Crippen molar-refractivity contribution in [3.05, 3.63) is 71.8 Å². The molecule has 0 aliphatic carbocycles. The molecule has 1 N–H and O–H groups in total. The average molecular weight is 664 g/mol. The van der Waals surface area contributed by atoms with Gasteiger partial charge in [0.2, 0.25) is 0 Å². The first kappa shape index (κ1) is 36.6. The fourth-order valence-electron chi connectivity index (χ4n) is 4.26. The van der Waals surface area contributed by atoms with Crippen LogP contribution in [0.4, 0.5) is 9.59 Å². The van der Waals surface area contributed by atoms with Crippen molar-refractivity contribution in [2.24, 2.45) is 0 Å². The number of amides is 2. The predicted octanol–water partition coefficient (Wildman–Crippen LogP) is 7.56. The van der Waals surface area contributed by atoms with Gasteiger partial charge in [-0.3, -0.25) is 0 Å². The van der Waals surface area contributed by atoms with E-state index in [0.29, 0.717) is 45.6 Å². The summed E-state index contributed by atoms with van der Waals surface area (Å²) in [5.74, 6) is 0. The summed E-state index contributed by atoms with van der Waals surface area (Å²) in [5, 5.41) is 10.2. The minimum atomic E-state index is -0.437. The number of carbonyl (C=O) groups is 2. The zero-order valence-corrected chi connectivity index (χ0v) is 28.3. The summed E-state index contributed by atoms with van der Waals surface area (Å²) in [5.41, 5.74) is 1.64. The lowest BCUT2D eigenvalue weighted by molar-refractivity contribution is -0.0170. The number of piperidine rings is 2. The SMILES string of the molecule is BrCc1ccccc1.CC(C)(C)OC(=O)N1CCC(O)CC1.CC(C)(C)OC(=O)N1CCC(OCc2ccccc2)CC1. The summed E-state index contributed by atoms with van der Waals surface area (Å²) in [7, 11) is 0. The fourth-order valence-corrected chi connectivity index (χ4v) is 4.64. The van der Waals surface area contributed by atoms with E-state index in [1.807, 2.05) is 77.9 Å². The number of hydrogen-bond acceptors (Lipinski definition) is 6. The Morgan fingerprint density at radius 2 is 1.12 bits per heavy atom. The molecule has 0 unspecified atom stereocenters. The zero-order valence-electron chi connectivity index (χ0n) is 26.8. The number of aliphatic hydroxyl groups excluding tert-OH is 1. The van der Waals surface area contributed by atoms with Crippen molar-refractivity contribution in [1.82, 2.24) is 9.80 Å². The van der Waals surface area contributed by atoms with Gasteiger partial charge in [0.05, 0.1) is 18.8 Å². The van der Waals surface area contributed by atoms with Crippen LogP contribution in [0.2, 0.25) is 0 Å². The molecule has 2 aliphatic heterocycles. The predicted molar refractivity (Wildman–Crippen MR) is 174 cm³/mol. The highest BCUT2D eigenvalue weighted by Crippen LogP contribution is 2.19. The third kappa shape index (κ3) is 16.1. The lowest BCUT2D eigenvalue weighted by atomic mass is 10.1. The highest BCUT2D eigenvalue weighted by atomic mass is 79.9. The number of nitrogens with zero attached hydrogens (tertiary/aromatic N) is 2. The maximum Gasteiger partial charge on any atom is 0.410 e. The van der Waals surface area contributed by atoms with Crippen molar-refractivity contribution >= 4 is 28.1 Å². The quantitative estimate of drug-likeness (QED) is 0.340. The van der Waals surface area contributed by atoms with E-state index in [1.54, 1.807) is 9.80 Å². The van der Waals surface area contributed by atoms with Crippen LogP contribution in [-0.2, 0) is 26.1 Å². The summed E-state index contributed by atoms with van der Waals surface area (Å²) in [6.45, 7) is 14.5. The Balaban J connectivity index is 0.000000251. The van der Waals surface area contributed by atoms with Crippen molar-refractivity contribution < 1.29 is 28.9 Å². The molecule has 9 heteroatoms. The Labute approximate surface area is 266 Å². The minimum absolute atomic E-state index is 0.219. The standard InChI is InChI=1S/C17H25NO3.C10H19NO3.C7H7Br/c1-17(2,3)21-16(19)18-11-9-15(10-12-18)20-13-14-7-5-4-6-8-14;1-10(2,3)14-9(13)11-6-4-8(12)5-7-11;8-6-7-4-2-1-3-5-7/h4-8,15H,9-13H2,1-3H3;8,12H,4-7H2,1-3H3;1-5H,6H2. The molecule has 0 spiro atoms. The van der Waals surface area contributed by atoms with Crippen LogP contribution in [-0.4, -0.2) is 76.7 Å². The van der Waals surface area contributed by atoms with Gasteiger partial charge in [-0.05, 0) is 78.4 Å². The van der Waals surface area contributed by atoms with Crippen LogP contribution in [0.3, 0.4) is 0 Å². The molecular formula is C34H51BrN2O6. The lowest BCUT2D eigenvalue weighted by Gasteiger charge is -2.33. The summed E-state index contributed by atoms with van der Waals surface area (Å²) < 4.78 is 16.5. The van der Waals surface area contributed by atoms with Gasteiger partial charge in [-0.15, -0.1) is 0 Å². The molecule has 0 bridgehead atoms. The van der Waals surface area contributed by atoms with Crippen LogP contribution in [0.15, 0.2) is 60.7 Å². The zero-order chi connectivity index (χ0) is 31.9. The number of aliphatic hydroxyl groups is 1. The molecule has 0 aromatic heterocycles. The summed E-state index contributed by atoms with van der Waals surface area (Å²) in [6.07, 6.45) is 2.52. The summed E-state index contributed by atoms with van der Waals surface area (Å²) in [6, 6.07) is 20.4. The van der Waals surface area contributed by atoms with Crippen LogP contribution in [0, 0.1) is 0 Å². The first-order valence-corrected chi connectivity index (χ1v) is 16.3. The maximum absolute atomic E-state index is 12.0. The molecule has 2 aromatic carbocycles. The highest BCUT2D eigenvalue weighted by molar-refractivity contribution is 9.08. The normalized spacial score (nSPS) is 16.3. The first-order chi connectivity index (χ1) is 20.3. The van der Waals surface area contributed by atoms with Crippen molar-refractivity contribution in [2.45, 2.75) is 103 Å². The maximum atomic E-state index is 12.0. The van der Waals surface area contributed by atoms with Gasteiger partial charge in [0.25, 0.3) is 0 Å². The Hall–Kier alpha value is -2.62. The third-order valence-electron chi connectivity index (χ3n) is 6.54. The smallest absolute Gasteiger partial charge is 0.410 e. The van der Waals surface area contributed by atoms with Gasteiger partial charge in [-0.1, -0.05) is 76.6 Å². The van der Waals surface area contributed by atoms with Crippen molar-refractivity contribution in [3.63, 3.8) is 0 Å². The molecule has 2 saturated heterocycles. The van der Waals surface area contributed by atoms with E-state index in [1.165, 1.54) is 11.1 Å². The topological polar surface area (TPSA) is 88.5 Å². The molecule has 2 fully saturated rings. The number of alkyl halides is 1. The molecule has 0 saturated carbocycles. The number of ether oxygens (including phenoxy) is 3. The van der Waals surface area contributed by atoms with Gasteiger partial charge in [0.15, 0.2) is 0 Å².